The van der Waals surface area contributed by atoms with Gasteiger partial charge in [0, 0.05) is 12.2 Å². The summed E-state index contributed by atoms with van der Waals surface area (Å²) in [4.78, 5) is 0.144. The van der Waals surface area contributed by atoms with E-state index >= 15 is 0 Å². The number of nitrogens with one attached hydrogen (secondary N) is 3. The molecule has 2 rings (SSSR count). The molecule has 0 atom stereocenters. The second-order valence-electron chi connectivity index (χ2n) is 5.83. The van der Waals surface area contributed by atoms with Gasteiger partial charge in [-0.15, -0.1) is 0 Å². The summed E-state index contributed by atoms with van der Waals surface area (Å²) in [6.45, 7) is 7.94. The number of hydrogen-bond donors (Lipinski definition) is 3. The molecule has 0 heterocycles. The Hall–Kier alpha value is -2.09. The normalized spacial score (nSPS) is 10.9. The van der Waals surface area contributed by atoms with Crippen LogP contribution in [0, 0.1) is 6.92 Å². The molecule has 2 aromatic carbocycles. The van der Waals surface area contributed by atoms with Crippen molar-refractivity contribution in [2.24, 2.45) is 0 Å². The molecular formula is C18H20ClN3O2S2. The number of sulfonamides is 1. The van der Waals surface area contributed by atoms with Gasteiger partial charge in [-0.3, -0.25) is 4.72 Å². The van der Waals surface area contributed by atoms with E-state index in [9.17, 15) is 8.42 Å². The molecule has 0 spiro atoms. The van der Waals surface area contributed by atoms with E-state index in [1.807, 2.05) is 6.92 Å². The molecule has 3 N–H and O–H groups in total. The van der Waals surface area contributed by atoms with E-state index in [0.29, 0.717) is 33.6 Å². The first-order chi connectivity index (χ1) is 12.2. The number of halogens is 1. The Morgan fingerprint density at radius 2 is 1.92 bits per heavy atom. The molecule has 0 saturated carbocycles. The predicted molar refractivity (Wildman–Crippen MR) is 112 cm³/mol. The van der Waals surface area contributed by atoms with Gasteiger partial charge < -0.3 is 10.6 Å². The number of rotatable bonds is 6. The molecule has 0 unspecified atom stereocenters. The van der Waals surface area contributed by atoms with Crippen molar-refractivity contribution < 1.29 is 8.42 Å². The first kappa shape index (κ1) is 20.2. The molecule has 0 aliphatic heterocycles. The van der Waals surface area contributed by atoms with Crippen LogP contribution in [0.1, 0.15) is 12.5 Å². The number of aryl methyl sites for hydroxylation is 1. The molecule has 8 heteroatoms. The Kier molecular flexibility index (Phi) is 6.63. The third-order valence-corrected chi connectivity index (χ3v) is 5.49. The summed E-state index contributed by atoms with van der Waals surface area (Å²) in [6.07, 6.45) is 0. The van der Waals surface area contributed by atoms with Crippen LogP contribution in [-0.4, -0.2) is 20.1 Å². The first-order valence-electron chi connectivity index (χ1n) is 7.76. The van der Waals surface area contributed by atoms with Gasteiger partial charge in [0.25, 0.3) is 10.0 Å². The molecule has 0 fully saturated rings. The highest BCUT2D eigenvalue weighted by Crippen LogP contribution is 2.26. The van der Waals surface area contributed by atoms with E-state index in [1.165, 1.54) is 6.07 Å². The maximum Gasteiger partial charge on any atom is 0.262 e. The van der Waals surface area contributed by atoms with Gasteiger partial charge in [-0.05, 0) is 55.9 Å². The van der Waals surface area contributed by atoms with E-state index < -0.39 is 10.0 Å². The van der Waals surface area contributed by atoms with Gasteiger partial charge >= 0.3 is 0 Å². The molecule has 2 aromatic rings. The van der Waals surface area contributed by atoms with Crippen molar-refractivity contribution in [2.45, 2.75) is 18.7 Å². The number of hydrogen-bond acceptors (Lipinski definition) is 3. The zero-order chi connectivity index (χ0) is 19.3. The van der Waals surface area contributed by atoms with Crippen LogP contribution in [0.15, 0.2) is 59.5 Å². The third-order valence-electron chi connectivity index (χ3n) is 3.40. The fourth-order valence-corrected chi connectivity index (χ4v) is 3.90. The highest BCUT2D eigenvalue weighted by Gasteiger charge is 2.19. The lowest BCUT2D eigenvalue weighted by molar-refractivity contribution is 0.600. The van der Waals surface area contributed by atoms with Crippen molar-refractivity contribution in [1.29, 1.82) is 0 Å². The van der Waals surface area contributed by atoms with Crippen molar-refractivity contribution in [3.8, 4) is 0 Å². The first-order valence-corrected chi connectivity index (χ1v) is 10.0. The summed E-state index contributed by atoms with van der Waals surface area (Å²) in [5, 5.41) is 6.68. The number of anilines is 2. The standard InChI is InChI=1S/C18H20ClN3O2S2/c1-12(2)11-20-18(25)21-14-9-8-13(3)17(10-14)26(23,24)22-16-7-5-4-6-15(16)19/h4-10,22H,1,11H2,2-3H3,(H2,20,21,25). The highest BCUT2D eigenvalue weighted by atomic mass is 35.5. The number of thiocarbonyl (C=S) groups is 1. The summed E-state index contributed by atoms with van der Waals surface area (Å²) in [7, 11) is -3.80. The van der Waals surface area contributed by atoms with E-state index in [0.717, 1.165) is 5.57 Å². The van der Waals surface area contributed by atoms with Crippen LogP contribution in [0.5, 0.6) is 0 Å². The van der Waals surface area contributed by atoms with E-state index in [1.54, 1.807) is 43.3 Å². The van der Waals surface area contributed by atoms with Crippen LogP contribution in [0.3, 0.4) is 0 Å². The van der Waals surface area contributed by atoms with Gasteiger partial charge in [0.15, 0.2) is 5.11 Å². The second kappa shape index (κ2) is 8.53. The lowest BCUT2D eigenvalue weighted by atomic mass is 10.2. The largest absolute Gasteiger partial charge is 0.359 e. The maximum absolute atomic E-state index is 12.8. The fourth-order valence-electron chi connectivity index (χ4n) is 2.12. The quantitative estimate of drug-likeness (QED) is 0.489. The third kappa shape index (κ3) is 5.45. The molecule has 5 nitrogen and oxygen atoms in total. The summed E-state index contributed by atoms with van der Waals surface area (Å²) >= 11 is 11.2. The Labute approximate surface area is 164 Å². The van der Waals surface area contributed by atoms with Crippen LogP contribution in [0.2, 0.25) is 5.02 Å². The molecule has 0 aliphatic rings. The SMILES string of the molecule is C=C(C)CNC(=S)Nc1ccc(C)c(S(=O)(=O)Nc2ccccc2Cl)c1. The molecule has 0 radical (unpaired) electrons. The van der Waals surface area contributed by atoms with Gasteiger partial charge in [-0.25, -0.2) is 8.42 Å². The molecule has 0 bridgehead atoms. The Morgan fingerprint density at radius 3 is 2.58 bits per heavy atom. The fraction of sp³-hybridized carbons (Fsp3) is 0.167. The minimum absolute atomic E-state index is 0.144. The molecule has 0 aliphatic carbocycles. The summed E-state index contributed by atoms with van der Waals surface area (Å²) in [5.41, 5.74) is 2.43. The second-order valence-corrected chi connectivity index (χ2v) is 8.30. The van der Waals surface area contributed by atoms with Gasteiger partial charge in [0.2, 0.25) is 0 Å². The molecule has 0 saturated heterocycles. The number of para-hydroxylation sites is 1. The molecule has 26 heavy (non-hydrogen) atoms. The highest BCUT2D eigenvalue weighted by molar-refractivity contribution is 7.92. The van der Waals surface area contributed by atoms with Crippen molar-refractivity contribution in [1.82, 2.24) is 5.32 Å². The maximum atomic E-state index is 12.8. The van der Waals surface area contributed by atoms with Crippen molar-refractivity contribution in [3.63, 3.8) is 0 Å². The van der Waals surface area contributed by atoms with Crippen LogP contribution in [0.4, 0.5) is 11.4 Å². The van der Waals surface area contributed by atoms with Gasteiger partial charge in [0.1, 0.15) is 0 Å². The van der Waals surface area contributed by atoms with Gasteiger partial charge in [-0.2, -0.15) is 0 Å². The Balaban J connectivity index is 2.24. The van der Waals surface area contributed by atoms with Crippen LogP contribution < -0.4 is 15.4 Å². The van der Waals surface area contributed by atoms with Crippen LogP contribution in [-0.2, 0) is 10.0 Å². The molecule has 0 aromatic heterocycles. The monoisotopic (exact) mass is 409 g/mol. The lowest BCUT2D eigenvalue weighted by Gasteiger charge is -2.14. The van der Waals surface area contributed by atoms with Gasteiger partial charge in [0.05, 0.1) is 15.6 Å². The van der Waals surface area contributed by atoms with Gasteiger partial charge in [-0.1, -0.05) is 42.0 Å². The van der Waals surface area contributed by atoms with E-state index in [2.05, 4.69) is 21.9 Å². The van der Waals surface area contributed by atoms with Crippen LogP contribution in [0.25, 0.3) is 0 Å². The minimum Gasteiger partial charge on any atom is -0.359 e. The summed E-state index contributed by atoms with van der Waals surface area (Å²) < 4.78 is 28.1. The average molecular weight is 410 g/mol. The van der Waals surface area contributed by atoms with Crippen molar-refractivity contribution in [3.05, 3.63) is 65.2 Å². The molecule has 138 valence electrons. The Morgan fingerprint density at radius 1 is 1.23 bits per heavy atom. The van der Waals surface area contributed by atoms with Crippen LogP contribution >= 0.6 is 23.8 Å². The predicted octanol–water partition coefficient (Wildman–Crippen LogP) is 4.31. The lowest BCUT2D eigenvalue weighted by Crippen LogP contribution is -2.29. The topological polar surface area (TPSA) is 70.2 Å². The molecule has 0 amide bonds. The smallest absolute Gasteiger partial charge is 0.262 e. The zero-order valence-corrected chi connectivity index (χ0v) is 16.9. The van der Waals surface area contributed by atoms with Crippen molar-refractivity contribution >= 4 is 50.3 Å². The summed E-state index contributed by atoms with van der Waals surface area (Å²) in [5.74, 6) is 0. The average Bonchev–Trinajstić information content (AvgIpc) is 2.56. The minimum atomic E-state index is -3.80. The van der Waals surface area contributed by atoms with Crippen molar-refractivity contribution in [2.75, 3.05) is 16.6 Å². The van der Waals surface area contributed by atoms with E-state index in [-0.39, 0.29) is 4.90 Å². The van der Waals surface area contributed by atoms with E-state index in [4.69, 9.17) is 23.8 Å². The summed E-state index contributed by atoms with van der Waals surface area (Å²) in [6, 6.07) is 11.7. The Bertz CT molecular complexity index is 943. The zero-order valence-electron chi connectivity index (χ0n) is 14.5. The number of benzene rings is 2. The molecular weight excluding hydrogens is 390 g/mol.